The molecule has 82 valence electrons. The first-order chi connectivity index (χ1) is 6.91. The molecular weight excluding hydrogens is 231 g/mol. The molecule has 0 fully saturated rings. The Balaban J connectivity index is 2.30. The lowest BCUT2D eigenvalue weighted by atomic mass is 9.94. The minimum atomic E-state index is 0.00123. The lowest BCUT2D eigenvalue weighted by Crippen LogP contribution is -2.44. The van der Waals surface area contributed by atoms with E-state index >= 15 is 0 Å². The van der Waals surface area contributed by atoms with E-state index < -0.39 is 0 Å². The van der Waals surface area contributed by atoms with Crippen LogP contribution in [0.25, 0.3) is 0 Å². The van der Waals surface area contributed by atoms with Gasteiger partial charge in [-0.2, -0.15) is 5.10 Å². The Morgan fingerprint density at radius 2 is 2.00 bits per heavy atom. The Morgan fingerprint density at radius 1 is 1.33 bits per heavy atom. The topological polar surface area (TPSA) is 15.6 Å². The molecule has 0 saturated heterocycles. The highest BCUT2D eigenvalue weighted by Gasteiger charge is 2.39. The Bertz CT molecular complexity index is 363. The lowest BCUT2D eigenvalue weighted by molar-refractivity contribution is 0.116. The van der Waals surface area contributed by atoms with Crippen LogP contribution in [0.15, 0.2) is 27.3 Å². The number of allylic oxidation sites excluding steroid dienone is 2. The first-order valence-electron chi connectivity index (χ1n) is 4.98. The number of hydrogen-bond acceptors (Lipinski definition) is 2. The number of rotatable bonds is 0. The first-order valence-corrected chi connectivity index (χ1v) is 5.73. The number of halogens is 2. The summed E-state index contributed by atoms with van der Waals surface area (Å²) in [5.41, 5.74) is 0.00123. The summed E-state index contributed by atoms with van der Waals surface area (Å²) in [7, 11) is 0. The predicted molar refractivity (Wildman–Crippen MR) is 65.2 cm³/mol. The van der Waals surface area contributed by atoms with Crippen LogP contribution >= 0.6 is 23.2 Å². The van der Waals surface area contributed by atoms with Crippen molar-refractivity contribution in [2.75, 3.05) is 0 Å². The molecule has 0 bridgehead atoms. The molecule has 0 aromatic heterocycles. The Labute approximate surface area is 100 Å². The summed E-state index contributed by atoms with van der Waals surface area (Å²) >= 11 is 12.1. The molecule has 0 radical (unpaired) electrons. The number of hydrazone groups is 1. The van der Waals surface area contributed by atoms with Crippen molar-refractivity contribution in [3.63, 3.8) is 0 Å². The third kappa shape index (κ3) is 1.81. The zero-order valence-electron chi connectivity index (χ0n) is 9.04. The maximum Gasteiger partial charge on any atom is 0.0788 e. The van der Waals surface area contributed by atoms with Crippen LogP contribution in [-0.2, 0) is 0 Å². The zero-order valence-corrected chi connectivity index (χ0v) is 10.5. The monoisotopic (exact) mass is 244 g/mol. The molecule has 0 amide bonds. The van der Waals surface area contributed by atoms with E-state index in [2.05, 4.69) is 37.0 Å². The molecule has 15 heavy (non-hydrogen) atoms. The van der Waals surface area contributed by atoms with Crippen molar-refractivity contribution in [2.24, 2.45) is 11.0 Å². The minimum absolute atomic E-state index is 0.00123. The summed E-state index contributed by atoms with van der Waals surface area (Å²) in [5.74, 6) is 0.114. The molecule has 2 aliphatic rings. The van der Waals surface area contributed by atoms with Crippen LogP contribution in [0.2, 0.25) is 0 Å². The van der Waals surface area contributed by atoms with Crippen LogP contribution < -0.4 is 0 Å². The number of nitrogens with zero attached hydrogens (tertiary/aromatic N) is 2. The Morgan fingerprint density at radius 3 is 2.60 bits per heavy atom. The van der Waals surface area contributed by atoms with Gasteiger partial charge in [0, 0.05) is 11.2 Å². The third-order valence-corrected chi connectivity index (χ3v) is 3.53. The number of hydrogen-bond donors (Lipinski definition) is 0. The average molecular weight is 245 g/mol. The van der Waals surface area contributed by atoms with Gasteiger partial charge < -0.3 is 0 Å². The summed E-state index contributed by atoms with van der Waals surface area (Å²) in [6.07, 6.45) is 5.81. The van der Waals surface area contributed by atoms with E-state index in [0.717, 1.165) is 0 Å². The molecule has 0 spiro atoms. The van der Waals surface area contributed by atoms with Gasteiger partial charge >= 0.3 is 0 Å². The molecule has 0 aromatic rings. The molecular formula is C11H14Cl2N2. The van der Waals surface area contributed by atoms with E-state index in [1.54, 1.807) is 0 Å². The van der Waals surface area contributed by atoms with Crippen LogP contribution in [0.5, 0.6) is 0 Å². The molecule has 2 nitrogen and oxygen atoms in total. The summed E-state index contributed by atoms with van der Waals surface area (Å²) < 4.78 is 0. The van der Waals surface area contributed by atoms with Gasteiger partial charge in [-0.3, -0.25) is 5.01 Å². The predicted octanol–water partition coefficient (Wildman–Crippen LogP) is 3.33. The summed E-state index contributed by atoms with van der Waals surface area (Å²) in [6.45, 7) is 6.40. The van der Waals surface area contributed by atoms with Crippen molar-refractivity contribution in [1.82, 2.24) is 5.01 Å². The minimum Gasteiger partial charge on any atom is -0.284 e. The highest BCUT2D eigenvalue weighted by Crippen LogP contribution is 2.38. The molecule has 1 aliphatic carbocycles. The fourth-order valence-corrected chi connectivity index (χ4v) is 2.37. The van der Waals surface area contributed by atoms with Gasteiger partial charge in [-0.15, -0.1) is 0 Å². The van der Waals surface area contributed by atoms with Gasteiger partial charge in [0.15, 0.2) is 0 Å². The van der Waals surface area contributed by atoms with Crippen molar-refractivity contribution < 1.29 is 0 Å². The van der Waals surface area contributed by atoms with Gasteiger partial charge in [0.25, 0.3) is 0 Å². The van der Waals surface area contributed by atoms with Gasteiger partial charge in [-0.05, 0) is 26.8 Å². The van der Waals surface area contributed by atoms with E-state index in [1.165, 1.54) is 0 Å². The highest BCUT2D eigenvalue weighted by atomic mass is 35.5. The van der Waals surface area contributed by atoms with Crippen LogP contribution in [-0.4, -0.2) is 22.8 Å². The van der Waals surface area contributed by atoms with Crippen LogP contribution in [0, 0.1) is 5.92 Å². The van der Waals surface area contributed by atoms with Gasteiger partial charge in [0.05, 0.1) is 22.5 Å². The van der Waals surface area contributed by atoms with E-state index in [9.17, 15) is 0 Å². The first kappa shape index (κ1) is 11.0. The van der Waals surface area contributed by atoms with Crippen molar-refractivity contribution in [3.8, 4) is 0 Å². The van der Waals surface area contributed by atoms with E-state index in [-0.39, 0.29) is 17.5 Å². The summed E-state index contributed by atoms with van der Waals surface area (Å²) in [5, 5.41) is 7.80. The van der Waals surface area contributed by atoms with Crippen molar-refractivity contribution in [1.29, 1.82) is 0 Å². The van der Waals surface area contributed by atoms with E-state index in [0.29, 0.717) is 10.1 Å². The standard InChI is InChI=1S/C11H14Cl2N2/c1-11(2,3)15-9-5-4-8(12)10(13)7(9)6-14-15/h4-7,9H,1-3H3. The highest BCUT2D eigenvalue weighted by molar-refractivity contribution is 6.41. The summed E-state index contributed by atoms with van der Waals surface area (Å²) in [6, 6.07) is 0.208. The molecule has 2 rings (SSSR count). The Kier molecular flexibility index (Phi) is 2.60. The molecule has 0 aromatic carbocycles. The lowest BCUT2D eigenvalue weighted by Gasteiger charge is -2.37. The normalized spacial score (nSPS) is 30.1. The largest absolute Gasteiger partial charge is 0.284 e. The van der Waals surface area contributed by atoms with Crippen molar-refractivity contribution >= 4 is 29.4 Å². The fraction of sp³-hybridized carbons (Fsp3) is 0.545. The molecule has 4 heteroatoms. The van der Waals surface area contributed by atoms with Crippen molar-refractivity contribution in [2.45, 2.75) is 32.4 Å². The maximum absolute atomic E-state index is 6.16. The van der Waals surface area contributed by atoms with Gasteiger partial charge in [0.1, 0.15) is 0 Å². The SMILES string of the molecule is CC(C)(C)N1N=CC2C(Cl)=C(Cl)C=CC21. The van der Waals surface area contributed by atoms with E-state index in [1.807, 2.05) is 12.3 Å². The zero-order chi connectivity index (χ0) is 11.2. The van der Waals surface area contributed by atoms with Crippen molar-refractivity contribution in [3.05, 3.63) is 22.2 Å². The fourth-order valence-electron chi connectivity index (χ4n) is 1.92. The Hall–Kier alpha value is -0.470. The molecule has 0 N–H and O–H groups in total. The van der Waals surface area contributed by atoms with Crippen LogP contribution in [0.3, 0.4) is 0 Å². The second kappa shape index (κ2) is 3.53. The molecule has 2 unspecified atom stereocenters. The van der Waals surface area contributed by atoms with Gasteiger partial charge in [-0.1, -0.05) is 29.3 Å². The van der Waals surface area contributed by atoms with Gasteiger partial charge in [0.2, 0.25) is 0 Å². The second-order valence-corrected chi connectivity index (χ2v) is 5.67. The summed E-state index contributed by atoms with van der Waals surface area (Å²) in [4.78, 5) is 0. The molecule has 1 heterocycles. The second-order valence-electron chi connectivity index (χ2n) is 4.85. The van der Waals surface area contributed by atoms with Crippen LogP contribution in [0.4, 0.5) is 0 Å². The average Bonchev–Trinajstić information content (AvgIpc) is 2.54. The van der Waals surface area contributed by atoms with Crippen LogP contribution in [0.1, 0.15) is 20.8 Å². The smallest absolute Gasteiger partial charge is 0.0788 e. The van der Waals surface area contributed by atoms with Gasteiger partial charge in [-0.25, -0.2) is 0 Å². The molecule has 1 aliphatic heterocycles. The molecule has 0 saturated carbocycles. The molecule has 2 atom stereocenters. The maximum atomic E-state index is 6.16. The third-order valence-electron chi connectivity index (χ3n) is 2.65. The number of fused-ring (bicyclic) bond motifs is 1. The van der Waals surface area contributed by atoms with E-state index in [4.69, 9.17) is 23.2 Å². The quantitative estimate of drug-likeness (QED) is 0.639.